The molecule has 1 fully saturated rings. The van der Waals surface area contributed by atoms with Crippen LogP contribution in [0.3, 0.4) is 0 Å². The molecule has 2 N–H and O–H groups in total. The molecule has 33 heavy (non-hydrogen) atoms. The fraction of sp³-hybridized carbons (Fsp3) is 0.250. The minimum Gasteiger partial charge on any atom is -0.497 e. The Kier molecular flexibility index (Phi) is 6.79. The number of nitrogens with one attached hydrogen (secondary N) is 2. The van der Waals surface area contributed by atoms with Crippen LogP contribution < -0.4 is 19.7 Å². The van der Waals surface area contributed by atoms with Crippen LogP contribution in [0.5, 0.6) is 5.75 Å². The highest BCUT2D eigenvalue weighted by Crippen LogP contribution is 2.20. The third kappa shape index (κ3) is 5.61. The van der Waals surface area contributed by atoms with Crippen LogP contribution in [0.2, 0.25) is 0 Å². The van der Waals surface area contributed by atoms with Gasteiger partial charge >= 0.3 is 0 Å². The van der Waals surface area contributed by atoms with Gasteiger partial charge in [0.05, 0.1) is 12.0 Å². The number of hydrogen-bond donors (Lipinski definition) is 2. The maximum absolute atomic E-state index is 12.8. The summed E-state index contributed by atoms with van der Waals surface area (Å²) in [5, 5.41) is 2.82. The Labute approximate surface area is 193 Å². The number of pyridine rings is 1. The zero-order chi connectivity index (χ0) is 23.3. The van der Waals surface area contributed by atoms with Crippen LogP contribution >= 0.6 is 0 Å². The fourth-order valence-electron chi connectivity index (χ4n) is 3.62. The second kappa shape index (κ2) is 9.91. The zero-order valence-corrected chi connectivity index (χ0v) is 19.1. The van der Waals surface area contributed by atoms with E-state index in [4.69, 9.17) is 4.74 Å². The van der Waals surface area contributed by atoms with Crippen molar-refractivity contribution in [2.75, 3.05) is 29.8 Å². The normalized spacial score (nSPS) is 13.5. The summed E-state index contributed by atoms with van der Waals surface area (Å²) in [6.45, 7) is 2.35. The van der Waals surface area contributed by atoms with Crippen LogP contribution in [0.25, 0.3) is 0 Å². The average molecular weight is 467 g/mol. The molecule has 1 aromatic heterocycles. The summed E-state index contributed by atoms with van der Waals surface area (Å²) in [6.07, 6.45) is 4.13. The van der Waals surface area contributed by atoms with Gasteiger partial charge in [0.25, 0.3) is 15.9 Å². The van der Waals surface area contributed by atoms with E-state index in [1.165, 1.54) is 32.1 Å². The van der Waals surface area contributed by atoms with Crippen LogP contribution in [0, 0.1) is 0 Å². The van der Waals surface area contributed by atoms with Gasteiger partial charge in [0.2, 0.25) is 0 Å². The van der Waals surface area contributed by atoms with Crippen molar-refractivity contribution < 1.29 is 17.9 Å². The highest BCUT2D eigenvalue weighted by Gasteiger charge is 2.17. The maximum atomic E-state index is 12.8. The van der Waals surface area contributed by atoms with Crippen molar-refractivity contribution in [1.29, 1.82) is 0 Å². The van der Waals surface area contributed by atoms with Gasteiger partial charge in [-0.2, -0.15) is 0 Å². The number of carbonyl (C=O) groups is 1. The summed E-state index contributed by atoms with van der Waals surface area (Å²) >= 11 is 0. The van der Waals surface area contributed by atoms with Gasteiger partial charge in [0.15, 0.2) is 0 Å². The lowest BCUT2D eigenvalue weighted by atomic mass is 10.2. The van der Waals surface area contributed by atoms with Gasteiger partial charge in [-0.25, -0.2) is 13.4 Å². The number of aromatic nitrogens is 1. The largest absolute Gasteiger partial charge is 0.497 e. The van der Waals surface area contributed by atoms with E-state index in [0.717, 1.165) is 24.5 Å². The topological polar surface area (TPSA) is 101 Å². The Hall–Kier alpha value is -3.59. The van der Waals surface area contributed by atoms with Crippen molar-refractivity contribution in [3.05, 3.63) is 78.0 Å². The van der Waals surface area contributed by atoms with Crippen molar-refractivity contribution in [2.24, 2.45) is 0 Å². The number of benzene rings is 2. The Morgan fingerprint density at radius 2 is 1.82 bits per heavy atom. The summed E-state index contributed by atoms with van der Waals surface area (Å²) in [6, 6.07) is 16.4. The molecule has 1 amide bonds. The third-order valence-electron chi connectivity index (χ3n) is 5.44. The number of amides is 1. The number of anilines is 2. The molecule has 4 rings (SSSR count). The molecule has 1 aliphatic heterocycles. The molecule has 172 valence electrons. The zero-order valence-electron chi connectivity index (χ0n) is 18.3. The van der Waals surface area contributed by atoms with Gasteiger partial charge < -0.3 is 15.0 Å². The Balaban J connectivity index is 1.39. The molecule has 2 heterocycles. The lowest BCUT2D eigenvalue weighted by Crippen LogP contribution is -2.24. The predicted octanol–water partition coefficient (Wildman–Crippen LogP) is 3.42. The number of nitrogens with zero attached hydrogens (tertiary/aromatic N) is 2. The molecule has 0 atom stereocenters. The maximum Gasteiger partial charge on any atom is 0.261 e. The molecule has 2 aromatic carbocycles. The number of carbonyl (C=O) groups excluding carboxylic acids is 1. The lowest BCUT2D eigenvalue weighted by molar-refractivity contribution is 0.0950. The molecule has 0 bridgehead atoms. The summed E-state index contributed by atoms with van der Waals surface area (Å²) in [5.41, 5.74) is 1.53. The first-order chi connectivity index (χ1) is 15.9. The molecule has 0 aliphatic carbocycles. The van der Waals surface area contributed by atoms with E-state index in [1.54, 1.807) is 42.6 Å². The first-order valence-electron chi connectivity index (χ1n) is 10.7. The van der Waals surface area contributed by atoms with Gasteiger partial charge in [0.1, 0.15) is 11.6 Å². The minimum atomic E-state index is -3.85. The summed E-state index contributed by atoms with van der Waals surface area (Å²) in [4.78, 5) is 19.4. The van der Waals surface area contributed by atoms with Crippen LogP contribution in [0.4, 0.5) is 11.5 Å². The first-order valence-corrected chi connectivity index (χ1v) is 12.2. The van der Waals surface area contributed by atoms with Crippen LogP contribution in [0.15, 0.2) is 71.8 Å². The van der Waals surface area contributed by atoms with E-state index in [1.807, 2.05) is 12.1 Å². The second-order valence-electron chi connectivity index (χ2n) is 7.76. The average Bonchev–Trinajstić information content (AvgIpc) is 3.38. The molecular formula is C24H26N4O4S. The highest BCUT2D eigenvalue weighted by atomic mass is 32.2. The fourth-order valence-corrected chi connectivity index (χ4v) is 4.72. The molecule has 0 unspecified atom stereocenters. The minimum absolute atomic E-state index is 0.00241. The number of sulfonamides is 1. The van der Waals surface area contributed by atoms with E-state index >= 15 is 0 Å². The lowest BCUT2D eigenvalue weighted by Gasteiger charge is -2.16. The van der Waals surface area contributed by atoms with Crippen molar-refractivity contribution in [3.8, 4) is 5.75 Å². The molecule has 1 aliphatic rings. The molecule has 0 spiro atoms. The van der Waals surface area contributed by atoms with Crippen LogP contribution in [-0.4, -0.2) is 39.5 Å². The Bertz CT molecular complexity index is 1210. The second-order valence-corrected chi connectivity index (χ2v) is 9.45. The molecule has 1 saturated heterocycles. The molecule has 8 nitrogen and oxygen atoms in total. The van der Waals surface area contributed by atoms with Crippen molar-refractivity contribution in [1.82, 2.24) is 10.3 Å². The summed E-state index contributed by atoms with van der Waals surface area (Å²) < 4.78 is 33.1. The number of hydrogen-bond acceptors (Lipinski definition) is 6. The van der Waals surface area contributed by atoms with Crippen molar-refractivity contribution in [3.63, 3.8) is 0 Å². The Morgan fingerprint density at radius 3 is 2.48 bits per heavy atom. The van der Waals surface area contributed by atoms with E-state index < -0.39 is 10.0 Å². The van der Waals surface area contributed by atoms with Crippen molar-refractivity contribution in [2.45, 2.75) is 24.3 Å². The van der Waals surface area contributed by atoms with Gasteiger partial charge in [-0.05, 0) is 66.9 Å². The number of rotatable bonds is 8. The standard InChI is InChI=1S/C24H26N4O4S/c1-32-21-10-8-20(9-11-21)27-33(30,31)22-6-4-5-19(15-22)24(29)26-17-18-7-12-23(25-16-18)28-13-2-3-14-28/h4-12,15-16,27H,2-3,13-14,17H2,1H3,(H,26,29). The van der Waals surface area contributed by atoms with Gasteiger partial charge in [-0.1, -0.05) is 12.1 Å². The SMILES string of the molecule is COc1ccc(NS(=O)(=O)c2cccc(C(=O)NCc3ccc(N4CCCC4)nc3)c2)cc1. The quantitative estimate of drug-likeness (QED) is 0.528. The smallest absolute Gasteiger partial charge is 0.261 e. The Morgan fingerprint density at radius 1 is 1.06 bits per heavy atom. The van der Waals surface area contributed by atoms with E-state index in [2.05, 4.69) is 19.9 Å². The van der Waals surface area contributed by atoms with Gasteiger partial charge in [-0.3, -0.25) is 9.52 Å². The van der Waals surface area contributed by atoms with E-state index in [-0.39, 0.29) is 16.4 Å². The molecule has 9 heteroatoms. The summed E-state index contributed by atoms with van der Waals surface area (Å²) in [7, 11) is -2.32. The number of methoxy groups -OCH3 is 1. The van der Waals surface area contributed by atoms with Gasteiger partial charge in [-0.15, -0.1) is 0 Å². The monoisotopic (exact) mass is 466 g/mol. The molecular weight excluding hydrogens is 440 g/mol. The summed E-state index contributed by atoms with van der Waals surface area (Å²) in [5.74, 6) is 1.21. The predicted molar refractivity (Wildman–Crippen MR) is 127 cm³/mol. The van der Waals surface area contributed by atoms with Crippen LogP contribution in [0.1, 0.15) is 28.8 Å². The van der Waals surface area contributed by atoms with Gasteiger partial charge in [0, 0.05) is 37.1 Å². The highest BCUT2D eigenvalue weighted by molar-refractivity contribution is 7.92. The molecule has 0 radical (unpaired) electrons. The van der Waals surface area contributed by atoms with E-state index in [9.17, 15) is 13.2 Å². The van der Waals surface area contributed by atoms with Crippen molar-refractivity contribution >= 4 is 27.4 Å². The van der Waals surface area contributed by atoms with Crippen LogP contribution in [-0.2, 0) is 16.6 Å². The molecule has 3 aromatic rings. The first kappa shape index (κ1) is 22.6. The number of ether oxygens (including phenoxy) is 1. The third-order valence-corrected chi connectivity index (χ3v) is 6.82. The molecule has 0 saturated carbocycles. The van der Waals surface area contributed by atoms with E-state index in [0.29, 0.717) is 18.0 Å².